The fourth-order valence-electron chi connectivity index (χ4n) is 3.35. The molecule has 0 aromatic heterocycles. The van der Waals surface area contributed by atoms with Crippen LogP contribution < -0.4 is 4.90 Å². The monoisotopic (exact) mass is 368 g/mol. The molecule has 0 spiro atoms. The van der Waals surface area contributed by atoms with Gasteiger partial charge in [0.1, 0.15) is 5.75 Å². The van der Waals surface area contributed by atoms with Crippen molar-refractivity contribution in [2.75, 3.05) is 31.1 Å². The number of rotatable bonds is 5. The molecule has 5 nitrogen and oxygen atoms in total. The summed E-state index contributed by atoms with van der Waals surface area (Å²) in [4.78, 5) is 16.9. The van der Waals surface area contributed by atoms with E-state index in [2.05, 4.69) is 4.90 Å². The molecule has 2 aromatic rings. The lowest BCUT2D eigenvalue weighted by Crippen LogP contribution is -2.48. The van der Waals surface area contributed by atoms with Gasteiger partial charge in [0.25, 0.3) is 5.91 Å². The molecule has 1 heterocycles. The van der Waals surface area contributed by atoms with E-state index in [0.717, 1.165) is 30.8 Å². The molecule has 2 aromatic carbocycles. The number of amides is 1. The zero-order chi connectivity index (χ0) is 19.4. The zero-order valence-electron chi connectivity index (χ0n) is 16.1. The van der Waals surface area contributed by atoms with Gasteiger partial charge in [0, 0.05) is 43.5 Å². The van der Waals surface area contributed by atoms with Gasteiger partial charge in [0.15, 0.2) is 0 Å². The molecule has 27 heavy (non-hydrogen) atoms. The normalized spacial score (nSPS) is 15.1. The van der Waals surface area contributed by atoms with Gasteiger partial charge >= 0.3 is 0 Å². The number of nitrogens with zero attached hydrogens (tertiary/aromatic N) is 2. The quantitative estimate of drug-likeness (QED) is 0.851. The number of aliphatic hydroxyl groups is 1. The fraction of sp³-hybridized carbons (Fsp3) is 0.409. The number of aryl methyl sites for hydroxylation is 1. The maximum atomic E-state index is 12.9. The van der Waals surface area contributed by atoms with Crippen LogP contribution in [0.5, 0.6) is 5.75 Å². The highest BCUT2D eigenvalue weighted by atomic mass is 16.3. The maximum Gasteiger partial charge on any atom is 0.253 e. The number of hydrogen-bond donors (Lipinski definition) is 2. The third kappa shape index (κ3) is 5.23. The van der Waals surface area contributed by atoms with Crippen LogP contribution >= 0.6 is 0 Å². The van der Waals surface area contributed by atoms with E-state index < -0.39 is 5.60 Å². The summed E-state index contributed by atoms with van der Waals surface area (Å²) in [6.07, 6.45) is 1.41. The molecule has 0 bridgehead atoms. The first-order valence-electron chi connectivity index (χ1n) is 9.46. The summed E-state index contributed by atoms with van der Waals surface area (Å²) in [5, 5.41) is 19.5. The van der Waals surface area contributed by atoms with Crippen LogP contribution in [0.3, 0.4) is 0 Å². The number of anilines is 1. The Morgan fingerprint density at radius 2 is 1.74 bits per heavy atom. The van der Waals surface area contributed by atoms with Gasteiger partial charge in [-0.25, -0.2) is 0 Å². The Hall–Kier alpha value is -2.53. The Morgan fingerprint density at radius 1 is 1.04 bits per heavy atom. The molecule has 1 fully saturated rings. The minimum absolute atomic E-state index is 0.0515. The van der Waals surface area contributed by atoms with E-state index >= 15 is 0 Å². The van der Waals surface area contributed by atoms with Crippen LogP contribution in [0.4, 0.5) is 5.69 Å². The Bertz CT molecular complexity index is 790. The second-order valence-corrected chi connectivity index (χ2v) is 7.81. The fourth-order valence-corrected chi connectivity index (χ4v) is 3.35. The second kappa shape index (κ2) is 8.01. The Morgan fingerprint density at radius 3 is 2.41 bits per heavy atom. The van der Waals surface area contributed by atoms with Gasteiger partial charge in [-0.1, -0.05) is 18.2 Å². The summed E-state index contributed by atoms with van der Waals surface area (Å²) < 4.78 is 0. The van der Waals surface area contributed by atoms with Crippen molar-refractivity contribution in [1.82, 2.24) is 4.90 Å². The second-order valence-electron chi connectivity index (χ2n) is 7.81. The molecular weight excluding hydrogens is 340 g/mol. The first-order valence-corrected chi connectivity index (χ1v) is 9.46. The number of piperazine rings is 1. The predicted molar refractivity (Wildman–Crippen MR) is 107 cm³/mol. The Kier molecular flexibility index (Phi) is 5.71. The molecule has 1 amide bonds. The molecule has 0 aliphatic carbocycles. The number of carbonyl (C=O) groups is 1. The smallest absolute Gasteiger partial charge is 0.253 e. The number of benzene rings is 2. The minimum atomic E-state index is -0.706. The first-order chi connectivity index (χ1) is 12.8. The maximum absolute atomic E-state index is 12.9. The standard InChI is InChI=1S/C22H28N2O3/c1-22(2,27)10-9-17-5-3-6-18(15-17)21(26)24-13-11-23(12-14-24)19-7-4-8-20(25)16-19/h3-8,15-16,25,27H,9-14H2,1-2H3. The summed E-state index contributed by atoms with van der Waals surface area (Å²) in [6, 6.07) is 14.9. The summed E-state index contributed by atoms with van der Waals surface area (Å²) in [5.41, 5.74) is 2.05. The van der Waals surface area contributed by atoms with Crippen molar-refractivity contribution in [2.45, 2.75) is 32.3 Å². The summed E-state index contributed by atoms with van der Waals surface area (Å²) in [7, 11) is 0. The number of carbonyl (C=O) groups excluding carboxylic acids is 1. The first kappa shape index (κ1) is 19.2. The topological polar surface area (TPSA) is 64.0 Å². The van der Waals surface area contributed by atoms with Gasteiger partial charge in [-0.3, -0.25) is 4.79 Å². The van der Waals surface area contributed by atoms with Crippen molar-refractivity contribution in [3.05, 3.63) is 59.7 Å². The average Bonchev–Trinajstić information content (AvgIpc) is 2.66. The summed E-state index contributed by atoms with van der Waals surface area (Å²) in [6.45, 7) is 6.40. The molecule has 1 saturated heterocycles. The predicted octanol–water partition coefficient (Wildman–Crippen LogP) is 3.06. The lowest BCUT2D eigenvalue weighted by atomic mass is 9.97. The lowest BCUT2D eigenvalue weighted by Gasteiger charge is -2.36. The number of phenolic OH excluding ortho intramolecular Hbond substituents is 1. The van der Waals surface area contributed by atoms with Crippen molar-refractivity contribution in [3.8, 4) is 5.75 Å². The van der Waals surface area contributed by atoms with Crippen LogP contribution in [0.15, 0.2) is 48.5 Å². The molecular formula is C22H28N2O3. The highest BCUT2D eigenvalue weighted by Gasteiger charge is 2.23. The van der Waals surface area contributed by atoms with Crippen LogP contribution in [0.1, 0.15) is 36.2 Å². The minimum Gasteiger partial charge on any atom is -0.508 e. The largest absolute Gasteiger partial charge is 0.508 e. The molecule has 0 atom stereocenters. The van der Waals surface area contributed by atoms with E-state index in [1.165, 1.54) is 0 Å². The lowest BCUT2D eigenvalue weighted by molar-refractivity contribution is 0.0714. The third-order valence-electron chi connectivity index (χ3n) is 4.96. The molecule has 5 heteroatoms. The number of phenols is 1. The van der Waals surface area contributed by atoms with E-state index in [1.807, 2.05) is 41.3 Å². The highest BCUT2D eigenvalue weighted by Crippen LogP contribution is 2.22. The molecule has 0 saturated carbocycles. The van der Waals surface area contributed by atoms with Crippen molar-refractivity contribution in [3.63, 3.8) is 0 Å². The molecule has 3 rings (SSSR count). The number of aromatic hydroxyl groups is 1. The van der Waals surface area contributed by atoms with Crippen LogP contribution in [-0.4, -0.2) is 52.8 Å². The van der Waals surface area contributed by atoms with Gasteiger partial charge in [-0.2, -0.15) is 0 Å². The van der Waals surface area contributed by atoms with Crippen LogP contribution in [0.25, 0.3) is 0 Å². The summed E-state index contributed by atoms with van der Waals surface area (Å²) in [5.74, 6) is 0.310. The van der Waals surface area contributed by atoms with Crippen molar-refractivity contribution in [1.29, 1.82) is 0 Å². The van der Waals surface area contributed by atoms with Crippen molar-refractivity contribution in [2.24, 2.45) is 0 Å². The van der Waals surface area contributed by atoms with Gasteiger partial charge < -0.3 is 20.0 Å². The molecule has 1 aliphatic rings. The molecule has 0 unspecified atom stereocenters. The van der Waals surface area contributed by atoms with Gasteiger partial charge in [-0.05, 0) is 56.5 Å². The van der Waals surface area contributed by atoms with E-state index in [9.17, 15) is 15.0 Å². The Labute approximate surface area is 160 Å². The summed E-state index contributed by atoms with van der Waals surface area (Å²) >= 11 is 0. The van der Waals surface area contributed by atoms with Gasteiger partial charge in [-0.15, -0.1) is 0 Å². The van der Waals surface area contributed by atoms with Crippen molar-refractivity contribution < 1.29 is 15.0 Å². The van der Waals surface area contributed by atoms with E-state index in [4.69, 9.17) is 0 Å². The molecule has 0 radical (unpaired) electrons. The van der Waals surface area contributed by atoms with E-state index in [-0.39, 0.29) is 11.7 Å². The van der Waals surface area contributed by atoms with Crippen LogP contribution in [-0.2, 0) is 6.42 Å². The van der Waals surface area contributed by atoms with Crippen LogP contribution in [0, 0.1) is 0 Å². The van der Waals surface area contributed by atoms with Crippen LogP contribution in [0.2, 0.25) is 0 Å². The van der Waals surface area contributed by atoms with E-state index in [1.54, 1.807) is 26.0 Å². The third-order valence-corrected chi connectivity index (χ3v) is 4.96. The zero-order valence-corrected chi connectivity index (χ0v) is 16.1. The molecule has 1 aliphatic heterocycles. The average molecular weight is 368 g/mol. The molecule has 2 N–H and O–H groups in total. The molecule has 144 valence electrons. The van der Waals surface area contributed by atoms with Gasteiger partial charge in [0.05, 0.1) is 5.60 Å². The number of hydrogen-bond acceptors (Lipinski definition) is 4. The van der Waals surface area contributed by atoms with Gasteiger partial charge in [0.2, 0.25) is 0 Å². The van der Waals surface area contributed by atoms with Crippen molar-refractivity contribution >= 4 is 11.6 Å². The van der Waals surface area contributed by atoms with E-state index in [0.29, 0.717) is 25.1 Å². The SMILES string of the molecule is CC(C)(O)CCc1cccc(C(=O)N2CCN(c3cccc(O)c3)CC2)c1. The highest BCUT2D eigenvalue weighted by molar-refractivity contribution is 5.94. The Balaban J connectivity index is 1.61.